The van der Waals surface area contributed by atoms with E-state index < -0.39 is 0 Å². The first kappa shape index (κ1) is 20.4. The summed E-state index contributed by atoms with van der Waals surface area (Å²) < 4.78 is 5.86. The van der Waals surface area contributed by atoms with Crippen LogP contribution in [-0.2, 0) is 9.53 Å². The van der Waals surface area contributed by atoms with Crippen molar-refractivity contribution in [1.82, 2.24) is 10.2 Å². The number of amides is 1. The molecule has 1 fully saturated rings. The highest BCUT2D eigenvalue weighted by Crippen LogP contribution is 2.37. The van der Waals surface area contributed by atoms with Crippen molar-refractivity contribution in [1.29, 1.82) is 0 Å². The first-order valence-electron chi connectivity index (χ1n) is 9.25. The number of carbonyl (C=O) groups is 1. The Bertz CT molecular complexity index is 353. The Morgan fingerprint density at radius 3 is 2.57 bits per heavy atom. The summed E-state index contributed by atoms with van der Waals surface area (Å²) in [4.78, 5) is 14.4. The van der Waals surface area contributed by atoms with Crippen LogP contribution in [0.4, 0.5) is 0 Å². The zero-order chi connectivity index (χ0) is 17.5. The first-order chi connectivity index (χ1) is 10.7. The van der Waals surface area contributed by atoms with E-state index in [1.807, 2.05) is 14.1 Å². The van der Waals surface area contributed by atoms with E-state index in [9.17, 15) is 4.79 Å². The molecule has 4 heteroatoms. The van der Waals surface area contributed by atoms with Gasteiger partial charge in [-0.15, -0.1) is 0 Å². The summed E-state index contributed by atoms with van der Waals surface area (Å²) in [5.41, 5.74) is -0.0413. The summed E-state index contributed by atoms with van der Waals surface area (Å²) in [6, 6.07) is 0. The van der Waals surface area contributed by atoms with E-state index in [1.54, 1.807) is 0 Å². The van der Waals surface area contributed by atoms with E-state index in [4.69, 9.17) is 4.74 Å². The highest BCUT2D eigenvalue weighted by Gasteiger charge is 2.34. The van der Waals surface area contributed by atoms with Crippen molar-refractivity contribution in [2.24, 2.45) is 17.8 Å². The predicted molar refractivity (Wildman–Crippen MR) is 96.5 cm³/mol. The molecule has 0 spiro atoms. The summed E-state index contributed by atoms with van der Waals surface area (Å²) >= 11 is 0. The molecule has 1 aliphatic rings. The quantitative estimate of drug-likeness (QED) is 0.707. The summed E-state index contributed by atoms with van der Waals surface area (Å²) in [6.07, 6.45) is 5.19. The molecule has 1 rings (SSSR count). The van der Waals surface area contributed by atoms with E-state index >= 15 is 0 Å². The van der Waals surface area contributed by atoms with Crippen LogP contribution in [0.15, 0.2) is 0 Å². The minimum absolute atomic E-state index is 0.0413. The molecule has 0 aliphatic carbocycles. The lowest BCUT2D eigenvalue weighted by molar-refractivity contribution is -0.124. The van der Waals surface area contributed by atoms with Crippen LogP contribution < -0.4 is 5.32 Å². The van der Waals surface area contributed by atoms with Gasteiger partial charge in [-0.05, 0) is 65.0 Å². The van der Waals surface area contributed by atoms with Crippen LogP contribution in [0.5, 0.6) is 0 Å². The van der Waals surface area contributed by atoms with Crippen LogP contribution in [0.3, 0.4) is 0 Å². The highest BCUT2D eigenvalue weighted by molar-refractivity contribution is 5.76. The normalized spacial score (nSPS) is 22.3. The molecule has 0 radical (unpaired) electrons. The molecule has 0 bridgehead atoms. The highest BCUT2D eigenvalue weighted by atomic mass is 16.5. The van der Waals surface area contributed by atoms with Crippen molar-refractivity contribution < 1.29 is 9.53 Å². The van der Waals surface area contributed by atoms with Gasteiger partial charge in [-0.25, -0.2) is 0 Å². The number of hydrogen-bond acceptors (Lipinski definition) is 3. The third kappa shape index (κ3) is 8.71. The molecule has 1 saturated heterocycles. The SMILES string of the molecule is CC(C)CC[C@@H](CC(=O)NCCN(C)C)[C@H]1CCOC(C)(C)C1. The number of nitrogens with one attached hydrogen (secondary N) is 1. The Morgan fingerprint density at radius 2 is 2.00 bits per heavy atom. The van der Waals surface area contributed by atoms with Gasteiger partial charge < -0.3 is 15.0 Å². The topological polar surface area (TPSA) is 41.6 Å². The zero-order valence-electron chi connectivity index (χ0n) is 16.2. The van der Waals surface area contributed by atoms with Crippen LogP contribution in [0.1, 0.15) is 59.8 Å². The molecule has 23 heavy (non-hydrogen) atoms. The number of ether oxygens (including phenoxy) is 1. The van der Waals surface area contributed by atoms with Crippen molar-refractivity contribution in [2.45, 2.75) is 65.4 Å². The molecular formula is C19H38N2O2. The molecule has 1 amide bonds. The van der Waals surface area contributed by atoms with E-state index in [-0.39, 0.29) is 11.5 Å². The van der Waals surface area contributed by atoms with Gasteiger partial charge in [-0.1, -0.05) is 20.3 Å². The number of likely N-dealkylation sites (N-methyl/N-ethyl adjacent to an activating group) is 1. The number of carbonyl (C=O) groups excluding carboxylic acids is 1. The fourth-order valence-corrected chi connectivity index (χ4v) is 3.46. The minimum Gasteiger partial charge on any atom is -0.376 e. The maximum atomic E-state index is 12.3. The third-order valence-electron chi connectivity index (χ3n) is 4.85. The third-order valence-corrected chi connectivity index (χ3v) is 4.85. The zero-order valence-corrected chi connectivity index (χ0v) is 16.2. The van der Waals surface area contributed by atoms with E-state index in [1.165, 1.54) is 6.42 Å². The van der Waals surface area contributed by atoms with E-state index in [0.29, 0.717) is 24.2 Å². The Balaban J connectivity index is 2.55. The van der Waals surface area contributed by atoms with Crippen molar-refractivity contribution in [3.05, 3.63) is 0 Å². The fraction of sp³-hybridized carbons (Fsp3) is 0.947. The second-order valence-electron chi connectivity index (χ2n) is 8.45. The summed E-state index contributed by atoms with van der Waals surface area (Å²) in [5, 5.41) is 3.08. The Hall–Kier alpha value is -0.610. The molecule has 1 N–H and O–H groups in total. The van der Waals surface area contributed by atoms with Crippen LogP contribution in [0.2, 0.25) is 0 Å². The van der Waals surface area contributed by atoms with Crippen LogP contribution in [0.25, 0.3) is 0 Å². The molecule has 1 aliphatic heterocycles. The first-order valence-corrected chi connectivity index (χ1v) is 9.25. The molecule has 0 aromatic carbocycles. The van der Waals surface area contributed by atoms with Gasteiger partial charge in [-0.3, -0.25) is 4.79 Å². The van der Waals surface area contributed by atoms with Gasteiger partial charge >= 0.3 is 0 Å². The Labute approximate surface area is 143 Å². The van der Waals surface area contributed by atoms with E-state index in [2.05, 4.69) is 37.9 Å². The summed E-state index contributed by atoms with van der Waals surface area (Å²) in [7, 11) is 4.06. The van der Waals surface area contributed by atoms with Gasteiger partial charge in [0.15, 0.2) is 0 Å². The average molecular weight is 327 g/mol. The van der Waals surface area contributed by atoms with Gasteiger partial charge in [-0.2, -0.15) is 0 Å². The van der Waals surface area contributed by atoms with Gasteiger partial charge in [0.2, 0.25) is 5.91 Å². The lowest BCUT2D eigenvalue weighted by Crippen LogP contribution is -2.39. The lowest BCUT2D eigenvalue weighted by Gasteiger charge is -2.39. The van der Waals surface area contributed by atoms with Crippen LogP contribution >= 0.6 is 0 Å². The molecule has 0 aromatic heterocycles. The largest absolute Gasteiger partial charge is 0.376 e. The number of hydrogen-bond donors (Lipinski definition) is 1. The lowest BCUT2D eigenvalue weighted by atomic mass is 9.75. The Kier molecular flexibility index (Phi) is 8.56. The summed E-state index contributed by atoms with van der Waals surface area (Å²) in [6.45, 7) is 11.3. The maximum absolute atomic E-state index is 12.3. The molecule has 0 unspecified atom stereocenters. The number of nitrogens with zero attached hydrogens (tertiary/aromatic N) is 1. The maximum Gasteiger partial charge on any atom is 0.220 e. The monoisotopic (exact) mass is 326 g/mol. The van der Waals surface area contributed by atoms with Gasteiger partial charge in [0.25, 0.3) is 0 Å². The van der Waals surface area contributed by atoms with Crippen molar-refractivity contribution in [3.63, 3.8) is 0 Å². The smallest absolute Gasteiger partial charge is 0.220 e. The summed E-state index contributed by atoms with van der Waals surface area (Å²) in [5.74, 6) is 2.00. The van der Waals surface area contributed by atoms with Crippen molar-refractivity contribution >= 4 is 5.91 Å². The standard InChI is InChI=1S/C19H38N2O2/c1-15(2)7-8-16(13-18(22)20-10-11-21(5)6)17-9-12-23-19(3,4)14-17/h15-17H,7-14H2,1-6H3,(H,20,22)/t16-,17-/m0/s1. The molecule has 0 aromatic rings. The average Bonchev–Trinajstić information content (AvgIpc) is 2.41. The fourth-order valence-electron chi connectivity index (χ4n) is 3.46. The minimum atomic E-state index is -0.0413. The van der Waals surface area contributed by atoms with Crippen LogP contribution in [-0.4, -0.2) is 50.2 Å². The van der Waals surface area contributed by atoms with Gasteiger partial charge in [0, 0.05) is 26.1 Å². The molecular weight excluding hydrogens is 288 g/mol. The second-order valence-corrected chi connectivity index (χ2v) is 8.45. The van der Waals surface area contributed by atoms with Crippen LogP contribution in [0, 0.1) is 17.8 Å². The van der Waals surface area contributed by atoms with Crippen molar-refractivity contribution in [2.75, 3.05) is 33.8 Å². The second kappa shape index (κ2) is 9.63. The predicted octanol–water partition coefficient (Wildman–Crippen LogP) is 3.31. The molecule has 136 valence electrons. The van der Waals surface area contributed by atoms with Crippen molar-refractivity contribution in [3.8, 4) is 0 Å². The molecule has 1 heterocycles. The molecule has 4 nitrogen and oxygen atoms in total. The van der Waals surface area contributed by atoms with Gasteiger partial charge in [0.05, 0.1) is 5.60 Å². The number of rotatable bonds is 9. The van der Waals surface area contributed by atoms with E-state index in [0.717, 1.165) is 39.0 Å². The molecule has 2 atom stereocenters. The van der Waals surface area contributed by atoms with Gasteiger partial charge in [0.1, 0.15) is 0 Å². The Morgan fingerprint density at radius 1 is 1.30 bits per heavy atom. The molecule has 0 saturated carbocycles.